The van der Waals surface area contributed by atoms with Crippen molar-refractivity contribution in [2.24, 2.45) is 5.73 Å². The molecule has 2 unspecified atom stereocenters. The molecule has 0 aliphatic heterocycles. The van der Waals surface area contributed by atoms with E-state index in [0.717, 1.165) is 5.56 Å². The Balaban J connectivity index is 2.78. The van der Waals surface area contributed by atoms with Crippen LogP contribution in [0.4, 0.5) is 4.39 Å². The molecule has 1 rings (SSSR count). The molecule has 3 N–H and O–H groups in total. The summed E-state index contributed by atoms with van der Waals surface area (Å²) in [4.78, 5) is 0. The highest BCUT2D eigenvalue weighted by atomic mass is 19.1. The summed E-state index contributed by atoms with van der Waals surface area (Å²) in [5.74, 6) is 2.38. The summed E-state index contributed by atoms with van der Waals surface area (Å²) >= 11 is 0. The highest BCUT2D eigenvalue weighted by Gasteiger charge is 2.24. The molecule has 92 valence electrons. The van der Waals surface area contributed by atoms with Crippen LogP contribution in [0.3, 0.4) is 0 Å². The zero-order valence-corrected chi connectivity index (χ0v) is 10.3. The zero-order chi connectivity index (χ0) is 12.9. The molecule has 0 aliphatic carbocycles. The highest BCUT2D eigenvalue weighted by molar-refractivity contribution is 5.19. The summed E-state index contributed by atoms with van der Waals surface area (Å²) in [6.07, 6.45) is 5.98. The minimum absolute atomic E-state index is 0.0582. The van der Waals surface area contributed by atoms with Crippen molar-refractivity contribution in [1.29, 1.82) is 0 Å². The van der Waals surface area contributed by atoms with Gasteiger partial charge in [-0.15, -0.1) is 6.42 Å². The standard InChI is InChI=1S/C14H19FN2/c1-4-11(2)17-14(3,10-16)9-12-6-5-7-13(15)8-12/h1,5-8,11,17H,9-10,16H2,2-3H3. The minimum atomic E-state index is -0.320. The molecule has 2 nitrogen and oxygen atoms in total. The van der Waals surface area contributed by atoms with Crippen LogP contribution >= 0.6 is 0 Å². The van der Waals surface area contributed by atoms with Gasteiger partial charge in [0, 0.05) is 12.1 Å². The van der Waals surface area contributed by atoms with Crippen LogP contribution < -0.4 is 11.1 Å². The van der Waals surface area contributed by atoms with Crippen LogP contribution in [0.15, 0.2) is 24.3 Å². The zero-order valence-electron chi connectivity index (χ0n) is 10.3. The molecule has 0 aromatic heterocycles. The Morgan fingerprint density at radius 1 is 1.59 bits per heavy atom. The van der Waals surface area contributed by atoms with Gasteiger partial charge >= 0.3 is 0 Å². The van der Waals surface area contributed by atoms with Crippen molar-refractivity contribution in [2.75, 3.05) is 6.54 Å². The molecular weight excluding hydrogens is 215 g/mol. The van der Waals surface area contributed by atoms with Crippen molar-refractivity contribution in [1.82, 2.24) is 5.32 Å². The van der Waals surface area contributed by atoms with Crippen LogP contribution in [0.5, 0.6) is 0 Å². The Hall–Kier alpha value is -1.37. The van der Waals surface area contributed by atoms with E-state index in [1.165, 1.54) is 12.1 Å². The smallest absolute Gasteiger partial charge is 0.123 e. The molecule has 0 amide bonds. The lowest BCUT2D eigenvalue weighted by Crippen LogP contribution is -2.53. The quantitative estimate of drug-likeness (QED) is 0.761. The second-order valence-corrected chi connectivity index (χ2v) is 4.60. The summed E-state index contributed by atoms with van der Waals surface area (Å²) in [5.41, 5.74) is 6.36. The molecule has 1 aromatic carbocycles. The Bertz CT molecular complexity index is 411. The molecule has 0 fully saturated rings. The van der Waals surface area contributed by atoms with Gasteiger partial charge in [-0.2, -0.15) is 0 Å². The number of terminal acetylenes is 1. The number of halogens is 1. The van der Waals surface area contributed by atoms with Gasteiger partial charge in [-0.05, 0) is 38.0 Å². The molecule has 2 atom stereocenters. The normalized spacial score (nSPS) is 15.9. The third-order valence-electron chi connectivity index (χ3n) is 2.75. The molecule has 0 saturated heterocycles. The van der Waals surface area contributed by atoms with Gasteiger partial charge in [-0.25, -0.2) is 4.39 Å². The van der Waals surface area contributed by atoms with Gasteiger partial charge in [0.2, 0.25) is 0 Å². The third kappa shape index (κ3) is 4.18. The number of rotatable bonds is 5. The van der Waals surface area contributed by atoms with E-state index in [-0.39, 0.29) is 17.4 Å². The maximum atomic E-state index is 13.1. The molecule has 0 saturated carbocycles. The topological polar surface area (TPSA) is 38.0 Å². The van der Waals surface area contributed by atoms with Crippen molar-refractivity contribution in [3.63, 3.8) is 0 Å². The van der Waals surface area contributed by atoms with E-state index >= 15 is 0 Å². The monoisotopic (exact) mass is 234 g/mol. The molecular formula is C14H19FN2. The molecule has 0 aliphatic rings. The van der Waals surface area contributed by atoms with Gasteiger partial charge in [0.15, 0.2) is 0 Å². The van der Waals surface area contributed by atoms with Crippen LogP contribution in [0, 0.1) is 18.2 Å². The van der Waals surface area contributed by atoms with Gasteiger partial charge in [-0.3, -0.25) is 5.32 Å². The summed E-state index contributed by atoms with van der Waals surface area (Å²) in [5, 5.41) is 3.28. The van der Waals surface area contributed by atoms with Crippen LogP contribution in [0.2, 0.25) is 0 Å². The number of nitrogens with two attached hydrogens (primary N) is 1. The second kappa shape index (κ2) is 5.81. The van der Waals surface area contributed by atoms with Crippen molar-refractivity contribution >= 4 is 0 Å². The number of hydrogen-bond donors (Lipinski definition) is 2. The molecule has 17 heavy (non-hydrogen) atoms. The van der Waals surface area contributed by atoms with Gasteiger partial charge in [-0.1, -0.05) is 18.1 Å². The van der Waals surface area contributed by atoms with Crippen molar-refractivity contribution in [3.8, 4) is 12.3 Å². The first-order chi connectivity index (χ1) is 7.99. The minimum Gasteiger partial charge on any atom is -0.329 e. The Labute approximate surface area is 102 Å². The lowest BCUT2D eigenvalue weighted by Gasteiger charge is -2.31. The van der Waals surface area contributed by atoms with E-state index in [4.69, 9.17) is 12.2 Å². The van der Waals surface area contributed by atoms with Crippen molar-refractivity contribution in [3.05, 3.63) is 35.6 Å². The Morgan fingerprint density at radius 2 is 2.29 bits per heavy atom. The SMILES string of the molecule is C#CC(C)NC(C)(CN)Cc1cccc(F)c1. The fourth-order valence-corrected chi connectivity index (χ4v) is 1.84. The van der Waals surface area contributed by atoms with E-state index in [9.17, 15) is 4.39 Å². The number of hydrogen-bond acceptors (Lipinski definition) is 2. The summed E-state index contributed by atoms with van der Waals surface area (Å²) in [6.45, 7) is 4.33. The summed E-state index contributed by atoms with van der Waals surface area (Å²) < 4.78 is 13.1. The van der Waals surface area contributed by atoms with Gasteiger partial charge in [0.25, 0.3) is 0 Å². The average molecular weight is 234 g/mol. The van der Waals surface area contributed by atoms with Gasteiger partial charge < -0.3 is 5.73 Å². The van der Waals surface area contributed by atoms with Crippen LogP contribution in [0.25, 0.3) is 0 Å². The molecule has 0 bridgehead atoms. The Morgan fingerprint density at radius 3 is 2.82 bits per heavy atom. The number of nitrogens with one attached hydrogen (secondary N) is 1. The first-order valence-electron chi connectivity index (χ1n) is 5.67. The van der Waals surface area contributed by atoms with Gasteiger partial charge in [0.1, 0.15) is 5.82 Å². The molecule has 0 radical (unpaired) electrons. The lowest BCUT2D eigenvalue weighted by atomic mass is 9.92. The second-order valence-electron chi connectivity index (χ2n) is 4.60. The maximum Gasteiger partial charge on any atom is 0.123 e. The predicted molar refractivity (Wildman–Crippen MR) is 69.0 cm³/mol. The van der Waals surface area contributed by atoms with E-state index in [0.29, 0.717) is 13.0 Å². The molecule has 3 heteroatoms. The molecule has 0 heterocycles. The molecule has 0 spiro atoms. The van der Waals surface area contributed by atoms with Crippen LogP contribution in [-0.2, 0) is 6.42 Å². The lowest BCUT2D eigenvalue weighted by molar-refractivity contribution is 0.348. The fourth-order valence-electron chi connectivity index (χ4n) is 1.84. The van der Waals surface area contributed by atoms with Gasteiger partial charge in [0.05, 0.1) is 6.04 Å². The first kappa shape index (κ1) is 13.7. The van der Waals surface area contributed by atoms with Crippen molar-refractivity contribution < 1.29 is 4.39 Å². The predicted octanol–water partition coefficient (Wildman–Crippen LogP) is 1.70. The summed E-state index contributed by atoms with van der Waals surface area (Å²) in [6, 6.07) is 6.49. The van der Waals surface area contributed by atoms with E-state index in [2.05, 4.69) is 11.2 Å². The maximum absolute atomic E-state index is 13.1. The average Bonchev–Trinajstić information content (AvgIpc) is 2.28. The van der Waals surface area contributed by atoms with Crippen molar-refractivity contribution in [2.45, 2.75) is 31.8 Å². The van der Waals surface area contributed by atoms with E-state index in [1.54, 1.807) is 6.07 Å². The summed E-state index contributed by atoms with van der Waals surface area (Å²) in [7, 11) is 0. The fraction of sp³-hybridized carbons (Fsp3) is 0.429. The van der Waals surface area contributed by atoms with E-state index in [1.807, 2.05) is 19.9 Å². The number of benzene rings is 1. The highest BCUT2D eigenvalue weighted by Crippen LogP contribution is 2.14. The van der Waals surface area contributed by atoms with E-state index < -0.39 is 0 Å². The van der Waals surface area contributed by atoms with Crippen LogP contribution in [0.1, 0.15) is 19.4 Å². The third-order valence-corrected chi connectivity index (χ3v) is 2.75. The van der Waals surface area contributed by atoms with Crippen LogP contribution in [-0.4, -0.2) is 18.1 Å². The molecule has 1 aromatic rings. The largest absolute Gasteiger partial charge is 0.329 e. The Kier molecular flexibility index (Phi) is 4.68. The first-order valence-corrected chi connectivity index (χ1v) is 5.67.